The standard InChI is InChI=1S/C58H64F4N4O8S3/c1-12-58(10,11)57(68)65-47(73-30-67)29-75-55-49(59)51(61)56(52(62)50(55)60)77(71,72)66-76(69,70)46-22-14-13-17-43(46)48-41-25-23-35(63-53-37(31(2)3)18-15-19-38(53)32(4)5)27-44(41)74-45-28-36(24-26-42(45)48)64-54-39(33(6)7)20-16-21-40(54)34(8)9/h13-28,30-35,47,63-64,66H,12,29H2,1-11H3,(H,65,68). The van der Waals surface area contributed by atoms with E-state index in [9.17, 15) is 26.4 Å². The number of halogens is 4. The minimum absolute atomic E-state index is 0.0496. The average Bonchev–Trinajstić information content (AvgIpc) is 3.38. The Morgan fingerprint density at radius 2 is 1.30 bits per heavy atom. The first-order valence-corrected chi connectivity index (χ1v) is 29.2. The highest BCUT2D eigenvalue weighted by atomic mass is 32.3. The number of carbonyl (C=O) groups is 2. The molecule has 2 atom stereocenters. The number of sulfonamides is 2. The zero-order valence-electron chi connectivity index (χ0n) is 44.7. The Morgan fingerprint density at radius 3 is 1.84 bits per heavy atom. The number of allylic oxidation sites excluding steroid dienone is 1. The molecule has 0 spiro atoms. The number of ether oxygens (including phenoxy) is 2. The number of thioether (sulfide) groups is 1. The molecule has 0 fully saturated rings. The van der Waals surface area contributed by atoms with Gasteiger partial charge in [0.2, 0.25) is 5.91 Å². The van der Waals surface area contributed by atoms with Crippen molar-refractivity contribution in [3.05, 3.63) is 165 Å². The topological polar surface area (TPSA) is 169 Å². The molecule has 19 heteroatoms. The SMILES string of the molecule is CCC(C)(C)C(=O)NC(CSc1c(F)c(F)c(S(=O)(=O)NS(=O)(=O)c2ccccc2C2=C3C=CC(Nc4c(C(C)C)cccc4C(C)C)C=C3Oc3cc(Nc4c(C(C)C)cccc4C(C)C)ccc32)c(F)c1F)OC=O. The van der Waals surface area contributed by atoms with Gasteiger partial charge in [-0.15, -0.1) is 15.9 Å². The molecule has 5 aromatic rings. The molecular weight excluding hydrogens is 1050 g/mol. The number of hydrogen-bond acceptors (Lipinski definition) is 11. The van der Waals surface area contributed by atoms with Crippen LogP contribution in [0.1, 0.15) is 140 Å². The Hall–Kier alpha value is -6.41. The van der Waals surface area contributed by atoms with E-state index in [4.69, 9.17) is 9.47 Å². The molecule has 5 aromatic carbocycles. The fourth-order valence-corrected chi connectivity index (χ4v) is 13.2. The summed E-state index contributed by atoms with van der Waals surface area (Å²) < 4.78 is 133. The van der Waals surface area contributed by atoms with Crippen LogP contribution >= 0.6 is 11.8 Å². The van der Waals surface area contributed by atoms with E-state index in [0.717, 1.165) is 39.7 Å². The quantitative estimate of drug-likeness (QED) is 0.0181. The van der Waals surface area contributed by atoms with Crippen molar-refractivity contribution in [2.45, 2.75) is 133 Å². The van der Waals surface area contributed by atoms with Crippen LogP contribution in [0.5, 0.6) is 5.75 Å². The first kappa shape index (κ1) is 58.3. The number of rotatable bonds is 21. The molecule has 0 aromatic heterocycles. The summed E-state index contributed by atoms with van der Waals surface area (Å²) in [5.41, 5.74) is 7.01. The molecule has 2 aliphatic rings. The highest BCUT2D eigenvalue weighted by molar-refractivity contribution is 8.04. The Labute approximate surface area is 453 Å². The highest BCUT2D eigenvalue weighted by Crippen LogP contribution is 2.47. The molecule has 410 valence electrons. The normalized spacial score (nSPS) is 15.1. The number of para-hydroxylation sites is 2. The summed E-state index contributed by atoms with van der Waals surface area (Å²) >= 11 is 0.0731. The summed E-state index contributed by atoms with van der Waals surface area (Å²) in [7, 11) is -11.4. The van der Waals surface area contributed by atoms with E-state index >= 15 is 17.6 Å². The Kier molecular flexibility index (Phi) is 17.6. The van der Waals surface area contributed by atoms with Crippen LogP contribution in [0.25, 0.3) is 5.57 Å². The number of anilines is 3. The molecular formula is C58H64F4N4O8S3. The van der Waals surface area contributed by atoms with Gasteiger partial charge in [0.15, 0.2) is 34.4 Å². The molecule has 0 radical (unpaired) electrons. The van der Waals surface area contributed by atoms with Gasteiger partial charge in [0, 0.05) is 50.8 Å². The lowest BCUT2D eigenvalue weighted by Crippen LogP contribution is -2.45. The van der Waals surface area contributed by atoms with E-state index in [1.165, 1.54) is 22.3 Å². The van der Waals surface area contributed by atoms with E-state index in [-0.39, 0.29) is 53.0 Å². The second-order valence-corrected chi connectivity index (χ2v) is 25.3. The van der Waals surface area contributed by atoms with Crippen LogP contribution in [-0.2, 0) is 34.4 Å². The fraction of sp³-hybridized carbons (Fsp3) is 0.345. The largest absolute Gasteiger partial charge is 0.456 e. The van der Waals surface area contributed by atoms with E-state index in [1.807, 2.05) is 24.3 Å². The van der Waals surface area contributed by atoms with E-state index in [2.05, 4.69) is 95.6 Å². The van der Waals surface area contributed by atoms with Gasteiger partial charge in [-0.2, -0.15) is 0 Å². The number of fused-ring (bicyclic) bond motifs is 2. The van der Waals surface area contributed by atoms with Crippen molar-refractivity contribution in [2.24, 2.45) is 5.41 Å². The molecule has 1 aliphatic heterocycles. The lowest BCUT2D eigenvalue weighted by atomic mass is 9.86. The first-order chi connectivity index (χ1) is 36.2. The van der Waals surface area contributed by atoms with Crippen molar-refractivity contribution in [1.29, 1.82) is 0 Å². The van der Waals surface area contributed by atoms with E-state index in [1.54, 1.807) is 45.0 Å². The maximum absolute atomic E-state index is 16.0. The third-order valence-corrected chi connectivity index (χ3v) is 18.3. The van der Waals surface area contributed by atoms with Gasteiger partial charge >= 0.3 is 0 Å². The Morgan fingerprint density at radius 1 is 0.740 bits per heavy atom. The van der Waals surface area contributed by atoms with Gasteiger partial charge in [0.05, 0.1) is 21.6 Å². The molecule has 4 N–H and O–H groups in total. The summed E-state index contributed by atoms with van der Waals surface area (Å²) in [6.07, 6.45) is 4.34. The number of hydrogen-bond donors (Lipinski definition) is 4. The summed E-state index contributed by atoms with van der Waals surface area (Å²) in [6, 6.07) is 22.6. The molecule has 0 bridgehead atoms. The van der Waals surface area contributed by atoms with Crippen LogP contribution < -0.4 is 24.8 Å². The predicted molar refractivity (Wildman–Crippen MR) is 294 cm³/mol. The van der Waals surface area contributed by atoms with Crippen molar-refractivity contribution in [2.75, 3.05) is 16.4 Å². The van der Waals surface area contributed by atoms with Crippen molar-refractivity contribution in [1.82, 2.24) is 9.44 Å². The second kappa shape index (κ2) is 23.3. The van der Waals surface area contributed by atoms with Crippen LogP contribution in [0.15, 0.2) is 123 Å². The summed E-state index contributed by atoms with van der Waals surface area (Å²) in [5.74, 6) is -9.20. The molecule has 0 saturated carbocycles. The number of amides is 1. The lowest BCUT2D eigenvalue weighted by molar-refractivity contribution is -0.140. The molecule has 7 rings (SSSR count). The van der Waals surface area contributed by atoms with Gasteiger partial charge in [-0.1, -0.05) is 143 Å². The third-order valence-electron chi connectivity index (χ3n) is 13.6. The van der Waals surface area contributed by atoms with E-state index < -0.39 is 87.3 Å². The maximum atomic E-state index is 16.0. The van der Waals surface area contributed by atoms with Crippen LogP contribution in [0.3, 0.4) is 0 Å². The summed E-state index contributed by atoms with van der Waals surface area (Å²) in [5, 5.41) is 9.69. The summed E-state index contributed by atoms with van der Waals surface area (Å²) in [4.78, 5) is 19.7. The Bertz CT molecular complexity index is 3370. The number of benzene rings is 5. The van der Waals surface area contributed by atoms with Crippen molar-refractivity contribution in [3.63, 3.8) is 0 Å². The summed E-state index contributed by atoms with van der Waals surface area (Å²) in [6.45, 7) is 21.7. The van der Waals surface area contributed by atoms with Gasteiger partial charge < -0.3 is 25.4 Å². The van der Waals surface area contributed by atoms with Gasteiger partial charge in [0.1, 0.15) is 11.5 Å². The van der Waals surface area contributed by atoms with Crippen molar-refractivity contribution >= 4 is 66.8 Å². The monoisotopic (exact) mass is 1120 g/mol. The number of carbonyl (C=O) groups excluding carboxylic acids is 2. The third kappa shape index (κ3) is 12.2. The van der Waals surface area contributed by atoms with Crippen LogP contribution in [0.4, 0.5) is 34.6 Å². The molecule has 12 nitrogen and oxygen atoms in total. The molecule has 0 saturated heterocycles. The minimum Gasteiger partial charge on any atom is -0.456 e. The van der Waals surface area contributed by atoms with Crippen LogP contribution in [0.2, 0.25) is 0 Å². The van der Waals surface area contributed by atoms with Gasteiger partial charge in [-0.25, -0.2) is 34.4 Å². The fourth-order valence-electron chi connectivity index (χ4n) is 9.08. The van der Waals surface area contributed by atoms with E-state index in [0.29, 0.717) is 34.8 Å². The van der Waals surface area contributed by atoms with Crippen LogP contribution in [-0.4, -0.2) is 47.2 Å². The second-order valence-electron chi connectivity index (χ2n) is 20.8. The van der Waals surface area contributed by atoms with Crippen LogP contribution in [0, 0.1) is 28.7 Å². The van der Waals surface area contributed by atoms with Crippen molar-refractivity contribution < 1.29 is 53.5 Å². The predicted octanol–water partition coefficient (Wildman–Crippen LogP) is 13.4. The van der Waals surface area contributed by atoms with Crippen molar-refractivity contribution in [3.8, 4) is 5.75 Å². The molecule has 2 unspecified atom stereocenters. The van der Waals surface area contributed by atoms with Gasteiger partial charge in [-0.3, -0.25) is 9.59 Å². The number of nitrogens with one attached hydrogen (secondary N) is 4. The minimum atomic E-state index is -6.00. The molecule has 1 heterocycles. The molecule has 77 heavy (non-hydrogen) atoms. The molecule has 1 aliphatic carbocycles. The average molecular weight is 1120 g/mol. The first-order valence-electron chi connectivity index (χ1n) is 25.3. The molecule has 1 amide bonds. The smallest absolute Gasteiger partial charge is 0.295 e. The lowest BCUT2D eigenvalue weighted by Gasteiger charge is -2.31. The zero-order valence-corrected chi connectivity index (χ0v) is 47.1. The van der Waals surface area contributed by atoms with Gasteiger partial charge in [-0.05, 0) is 76.6 Å². The highest BCUT2D eigenvalue weighted by Gasteiger charge is 2.39. The van der Waals surface area contributed by atoms with Gasteiger partial charge in [0.25, 0.3) is 26.5 Å². The Balaban J connectivity index is 1.31. The zero-order chi connectivity index (χ0) is 56.5. The maximum Gasteiger partial charge on any atom is 0.295 e.